The van der Waals surface area contributed by atoms with Gasteiger partial charge in [0, 0.05) is 53.6 Å². The number of piperazine rings is 1. The Morgan fingerprint density at radius 1 is 1.00 bits per heavy atom. The van der Waals surface area contributed by atoms with E-state index in [1.54, 1.807) is 36.4 Å². The standard InChI is InChI=1S/C26H29Cl2F3N4/c27-20-6-8-21(9-7-20)33-25(32)11-5-18-4-10-23(17-24(18)28)35-14-12-34(13-15-35)22-3-1-2-19(16-22)26(29,30)31/h4-11,17,19,22H,1-3,12-16H2,(H2,32,33)/b11-5+. The molecule has 2 unspecified atom stereocenters. The summed E-state index contributed by atoms with van der Waals surface area (Å²) in [6.45, 7) is 3.02. The molecule has 0 radical (unpaired) electrons. The Balaban J connectivity index is 1.30. The topological polar surface area (TPSA) is 42.4 Å². The van der Waals surface area contributed by atoms with Crippen molar-refractivity contribution in [1.29, 1.82) is 5.41 Å². The number of nitrogens with zero attached hydrogens (tertiary/aromatic N) is 2. The Kier molecular flexibility index (Phi) is 8.30. The summed E-state index contributed by atoms with van der Waals surface area (Å²) in [5, 5.41) is 12.3. The van der Waals surface area contributed by atoms with Crippen LogP contribution in [0.3, 0.4) is 0 Å². The van der Waals surface area contributed by atoms with Crippen molar-refractivity contribution in [2.75, 3.05) is 36.4 Å². The van der Waals surface area contributed by atoms with Gasteiger partial charge in [0.2, 0.25) is 0 Å². The van der Waals surface area contributed by atoms with Crippen molar-refractivity contribution >= 4 is 46.5 Å². The van der Waals surface area contributed by atoms with Gasteiger partial charge < -0.3 is 10.2 Å². The number of hydrogen-bond acceptors (Lipinski definition) is 3. The predicted molar refractivity (Wildman–Crippen MR) is 139 cm³/mol. The zero-order valence-electron chi connectivity index (χ0n) is 19.3. The second-order valence-electron chi connectivity index (χ2n) is 9.17. The number of halogens is 5. The lowest BCUT2D eigenvalue weighted by Crippen LogP contribution is -2.52. The maximum atomic E-state index is 13.2. The highest BCUT2D eigenvalue weighted by molar-refractivity contribution is 6.32. The van der Waals surface area contributed by atoms with Crippen LogP contribution in [0.4, 0.5) is 24.5 Å². The summed E-state index contributed by atoms with van der Waals surface area (Å²) < 4.78 is 39.5. The molecule has 0 aromatic heterocycles. The average molecular weight is 525 g/mol. The Bertz CT molecular complexity index is 1050. The highest BCUT2D eigenvalue weighted by Gasteiger charge is 2.43. The molecule has 2 aliphatic rings. The second kappa shape index (κ2) is 11.2. The third kappa shape index (κ3) is 6.93. The number of nitrogens with one attached hydrogen (secondary N) is 2. The maximum absolute atomic E-state index is 13.2. The van der Waals surface area contributed by atoms with Crippen LogP contribution in [0.1, 0.15) is 31.2 Å². The maximum Gasteiger partial charge on any atom is 0.391 e. The van der Waals surface area contributed by atoms with Gasteiger partial charge in [-0.05, 0) is 73.4 Å². The van der Waals surface area contributed by atoms with Crippen LogP contribution in [0, 0.1) is 11.3 Å². The monoisotopic (exact) mass is 524 g/mol. The molecule has 4 nitrogen and oxygen atoms in total. The van der Waals surface area contributed by atoms with Crippen LogP contribution in [0.2, 0.25) is 10.0 Å². The minimum atomic E-state index is -4.09. The zero-order chi connectivity index (χ0) is 25.0. The highest BCUT2D eigenvalue weighted by atomic mass is 35.5. The average Bonchev–Trinajstić information content (AvgIpc) is 2.84. The lowest BCUT2D eigenvalue weighted by molar-refractivity contribution is -0.186. The third-order valence-electron chi connectivity index (χ3n) is 6.84. The first kappa shape index (κ1) is 25.9. The molecule has 0 amide bonds. The molecule has 2 aromatic rings. The van der Waals surface area contributed by atoms with Gasteiger partial charge in [0.1, 0.15) is 5.84 Å². The molecular weight excluding hydrogens is 496 g/mol. The van der Waals surface area contributed by atoms with Gasteiger partial charge >= 0.3 is 6.18 Å². The minimum absolute atomic E-state index is 0.0189. The van der Waals surface area contributed by atoms with Gasteiger partial charge in [0.25, 0.3) is 0 Å². The van der Waals surface area contributed by atoms with E-state index in [9.17, 15) is 13.2 Å². The SMILES string of the molecule is N=C(/C=C/c1ccc(N2CCN(C3CCCC(C(F)(F)F)C3)CC2)cc1Cl)Nc1ccc(Cl)cc1. The summed E-state index contributed by atoms with van der Waals surface area (Å²) >= 11 is 12.4. The van der Waals surface area contributed by atoms with Crippen molar-refractivity contribution in [2.45, 2.75) is 37.9 Å². The van der Waals surface area contributed by atoms with E-state index in [0.717, 1.165) is 49.5 Å². The first-order valence-electron chi connectivity index (χ1n) is 11.8. The number of rotatable bonds is 5. The van der Waals surface area contributed by atoms with Crippen LogP contribution in [-0.4, -0.2) is 49.1 Å². The van der Waals surface area contributed by atoms with E-state index in [2.05, 4.69) is 15.1 Å². The lowest BCUT2D eigenvalue weighted by Gasteiger charge is -2.43. The van der Waals surface area contributed by atoms with E-state index in [-0.39, 0.29) is 24.7 Å². The van der Waals surface area contributed by atoms with Crippen molar-refractivity contribution in [3.8, 4) is 0 Å². The fourth-order valence-corrected chi connectivity index (χ4v) is 5.25. The van der Waals surface area contributed by atoms with Gasteiger partial charge in [0.05, 0.1) is 5.92 Å². The number of amidine groups is 1. The molecule has 2 N–H and O–H groups in total. The smallest absolute Gasteiger partial charge is 0.369 e. The molecule has 35 heavy (non-hydrogen) atoms. The van der Waals surface area contributed by atoms with Gasteiger partial charge in [-0.3, -0.25) is 10.3 Å². The summed E-state index contributed by atoms with van der Waals surface area (Å²) in [5.41, 5.74) is 2.57. The van der Waals surface area contributed by atoms with Crippen molar-refractivity contribution < 1.29 is 13.2 Å². The summed E-state index contributed by atoms with van der Waals surface area (Å²) in [6.07, 6.45) is 1.32. The van der Waals surface area contributed by atoms with E-state index in [0.29, 0.717) is 16.5 Å². The molecule has 4 rings (SSSR count). The van der Waals surface area contributed by atoms with Crippen LogP contribution >= 0.6 is 23.2 Å². The van der Waals surface area contributed by atoms with Crippen LogP contribution < -0.4 is 10.2 Å². The van der Waals surface area contributed by atoms with Crippen LogP contribution in [0.25, 0.3) is 6.08 Å². The van der Waals surface area contributed by atoms with Crippen molar-refractivity contribution in [2.24, 2.45) is 5.92 Å². The van der Waals surface area contributed by atoms with Crippen LogP contribution in [0.15, 0.2) is 48.5 Å². The van der Waals surface area contributed by atoms with E-state index in [1.807, 2.05) is 18.2 Å². The van der Waals surface area contributed by atoms with Crippen molar-refractivity contribution in [1.82, 2.24) is 4.90 Å². The fourth-order valence-electron chi connectivity index (χ4n) is 4.89. The number of alkyl halides is 3. The Morgan fingerprint density at radius 3 is 2.37 bits per heavy atom. The predicted octanol–water partition coefficient (Wildman–Crippen LogP) is 7.34. The Hall–Kier alpha value is -2.22. The van der Waals surface area contributed by atoms with Gasteiger partial charge in [-0.1, -0.05) is 35.7 Å². The van der Waals surface area contributed by atoms with Crippen molar-refractivity contribution in [3.05, 3.63) is 64.1 Å². The molecule has 1 saturated carbocycles. The summed E-state index contributed by atoms with van der Waals surface area (Å²) in [5.74, 6) is -0.944. The van der Waals surface area contributed by atoms with E-state index < -0.39 is 12.1 Å². The van der Waals surface area contributed by atoms with Crippen LogP contribution in [-0.2, 0) is 0 Å². The first-order chi connectivity index (χ1) is 16.7. The van der Waals surface area contributed by atoms with Gasteiger partial charge in [-0.2, -0.15) is 13.2 Å². The quantitative estimate of drug-likeness (QED) is 0.317. The lowest BCUT2D eigenvalue weighted by atomic mass is 9.84. The third-order valence-corrected chi connectivity index (χ3v) is 7.42. The summed E-state index contributed by atoms with van der Waals surface area (Å²) in [4.78, 5) is 4.45. The molecule has 188 valence electrons. The van der Waals surface area contributed by atoms with Gasteiger partial charge in [-0.25, -0.2) is 0 Å². The molecular formula is C26H29Cl2F3N4. The molecule has 1 saturated heterocycles. The largest absolute Gasteiger partial charge is 0.391 e. The second-order valence-corrected chi connectivity index (χ2v) is 10.0. The summed E-state index contributed by atoms with van der Waals surface area (Å²) in [7, 11) is 0. The highest BCUT2D eigenvalue weighted by Crippen LogP contribution is 2.39. The number of anilines is 2. The molecule has 9 heteroatoms. The molecule has 2 fully saturated rings. The normalized spacial score (nSPS) is 21.9. The van der Waals surface area contributed by atoms with Crippen molar-refractivity contribution in [3.63, 3.8) is 0 Å². The van der Waals surface area contributed by atoms with E-state index >= 15 is 0 Å². The number of benzene rings is 2. The molecule has 1 heterocycles. The molecule has 1 aliphatic heterocycles. The van der Waals surface area contributed by atoms with Crippen LogP contribution in [0.5, 0.6) is 0 Å². The minimum Gasteiger partial charge on any atom is -0.369 e. The Morgan fingerprint density at radius 2 is 1.71 bits per heavy atom. The Labute approximate surface area is 214 Å². The van der Waals surface area contributed by atoms with Gasteiger partial charge in [-0.15, -0.1) is 0 Å². The molecule has 0 spiro atoms. The van der Waals surface area contributed by atoms with E-state index in [1.165, 1.54) is 0 Å². The zero-order valence-corrected chi connectivity index (χ0v) is 20.8. The van der Waals surface area contributed by atoms with E-state index in [4.69, 9.17) is 28.6 Å². The summed E-state index contributed by atoms with van der Waals surface area (Å²) in [6, 6.07) is 13.0. The fraction of sp³-hybridized carbons (Fsp3) is 0.423. The molecule has 0 bridgehead atoms. The van der Waals surface area contributed by atoms with Gasteiger partial charge in [0.15, 0.2) is 0 Å². The number of hydrogen-bond donors (Lipinski definition) is 2. The molecule has 1 aliphatic carbocycles. The molecule has 2 atom stereocenters. The molecule has 2 aromatic carbocycles. The first-order valence-corrected chi connectivity index (χ1v) is 12.6.